The fourth-order valence-electron chi connectivity index (χ4n) is 1.46. The Balaban J connectivity index is 3.19. The highest BCUT2D eigenvalue weighted by Gasteiger charge is 2.45. The minimum atomic E-state index is -2.33. The van der Waals surface area contributed by atoms with Crippen molar-refractivity contribution >= 4 is 17.6 Å². The van der Waals surface area contributed by atoms with Crippen molar-refractivity contribution in [2.75, 3.05) is 13.2 Å². The Bertz CT molecular complexity index is 465. The molecule has 0 aliphatic heterocycles. The molecule has 0 aliphatic rings. The zero-order valence-electron chi connectivity index (χ0n) is 9.63. The Labute approximate surface area is 108 Å². The van der Waals surface area contributed by atoms with Gasteiger partial charge in [0.1, 0.15) is 0 Å². The average molecular weight is 274 g/mol. The predicted molar refractivity (Wildman–Crippen MR) is 63.8 cm³/mol. The summed E-state index contributed by atoms with van der Waals surface area (Å²) >= 11 is 5.74. The Morgan fingerprint density at radius 1 is 1.61 bits per heavy atom. The fourth-order valence-corrected chi connectivity index (χ4v) is 1.65. The first-order chi connectivity index (χ1) is 8.40. The molecule has 0 aliphatic carbocycles. The van der Waals surface area contributed by atoms with Crippen molar-refractivity contribution in [3.8, 4) is 0 Å². The van der Waals surface area contributed by atoms with Gasteiger partial charge in [-0.1, -0.05) is 23.7 Å². The Hall–Kier alpha value is -1.66. The Morgan fingerprint density at radius 3 is 2.78 bits per heavy atom. The van der Waals surface area contributed by atoms with Gasteiger partial charge in [0, 0.05) is 15.5 Å². The summed E-state index contributed by atoms with van der Waals surface area (Å²) < 4.78 is 4.67. The minimum Gasteiger partial charge on any atom is -0.463 e. The van der Waals surface area contributed by atoms with Crippen molar-refractivity contribution < 1.29 is 19.6 Å². The maximum atomic E-state index is 11.7. The molecule has 0 saturated heterocycles. The molecule has 6 nitrogen and oxygen atoms in total. The number of carbonyl (C=O) groups is 1. The lowest BCUT2D eigenvalue weighted by Crippen LogP contribution is -2.43. The normalized spacial score (nSPS) is 13.7. The van der Waals surface area contributed by atoms with Gasteiger partial charge < -0.3 is 9.84 Å². The summed E-state index contributed by atoms with van der Waals surface area (Å²) in [5, 5.41) is 21.1. The van der Waals surface area contributed by atoms with Crippen LogP contribution in [0.3, 0.4) is 0 Å². The van der Waals surface area contributed by atoms with Gasteiger partial charge >= 0.3 is 5.97 Å². The van der Waals surface area contributed by atoms with E-state index < -0.39 is 23.0 Å². The second-order valence-corrected chi connectivity index (χ2v) is 4.02. The van der Waals surface area contributed by atoms with Crippen LogP contribution in [0.5, 0.6) is 0 Å². The van der Waals surface area contributed by atoms with Crippen LogP contribution in [0.2, 0.25) is 5.02 Å². The van der Waals surface area contributed by atoms with Gasteiger partial charge in [0.2, 0.25) is 6.54 Å². The topological polar surface area (TPSA) is 89.7 Å². The van der Waals surface area contributed by atoms with Crippen molar-refractivity contribution in [1.29, 1.82) is 0 Å². The summed E-state index contributed by atoms with van der Waals surface area (Å²) in [5.74, 6) is -1.07. The van der Waals surface area contributed by atoms with Crippen LogP contribution >= 0.6 is 11.6 Å². The van der Waals surface area contributed by atoms with Crippen molar-refractivity contribution in [1.82, 2.24) is 0 Å². The van der Waals surface area contributed by atoms with Gasteiger partial charge in [-0.2, -0.15) is 0 Å². The molecule has 1 N–H and O–H groups in total. The molecule has 18 heavy (non-hydrogen) atoms. The largest absolute Gasteiger partial charge is 0.463 e. The van der Waals surface area contributed by atoms with E-state index in [1.54, 1.807) is 6.92 Å². The molecular formula is C11H12ClNO5. The number of hydrogen-bond donors (Lipinski definition) is 1. The number of nitro groups is 1. The summed E-state index contributed by atoms with van der Waals surface area (Å²) in [5.41, 5.74) is -2.30. The van der Waals surface area contributed by atoms with E-state index in [-0.39, 0.29) is 17.2 Å². The van der Waals surface area contributed by atoms with Crippen molar-refractivity contribution in [2.45, 2.75) is 12.5 Å². The summed E-state index contributed by atoms with van der Waals surface area (Å²) in [7, 11) is 0. The van der Waals surface area contributed by atoms with E-state index in [9.17, 15) is 20.0 Å². The van der Waals surface area contributed by atoms with Crippen molar-refractivity contribution in [2.24, 2.45) is 0 Å². The van der Waals surface area contributed by atoms with Gasteiger partial charge in [-0.25, -0.2) is 4.79 Å². The molecule has 7 heteroatoms. The van der Waals surface area contributed by atoms with Crippen LogP contribution in [0.1, 0.15) is 12.5 Å². The third kappa shape index (κ3) is 3.18. The highest BCUT2D eigenvalue weighted by atomic mass is 35.5. The number of hydrogen-bond acceptors (Lipinski definition) is 5. The summed E-state index contributed by atoms with van der Waals surface area (Å²) in [6.07, 6.45) is 0. The third-order valence-electron chi connectivity index (χ3n) is 2.27. The first-order valence-electron chi connectivity index (χ1n) is 5.17. The number of aliphatic hydroxyl groups is 1. The number of esters is 1. The Kier molecular flexibility index (Phi) is 4.63. The number of benzene rings is 1. The summed E-state index contributed by atoms with van der Waals surface area (Å²) in [6.45, 7) is 0.577. The highest BCUT2D eigenvalue weighted by Crippen LogP contribution is 2.25. The summed E-state index contributed by atoms with van der Waals surface area (Å²) in [4.78, 5) is 21.5. The molecule has 1 aromatic rings. The lowest BCUT2D eigenvalue weighted by atomic mass is 9.94. The van der Waals surface area contributed by atoms with Gasteiger partial charge in [0.15, 0.2) is 0 Å². The number of carbonyl (C=O) groups excluding carboxylic acids is 1. The maximum absolute atomic E-state index is 11.7. The molecule has 0 bridgehead atoms. The van der Waals surface area contributed by atoms with Crippen LogP contribution in [0.15, 0.2) is 24.3 Å². The number of ether oxygens (including phenoxy) is 1. The molecule has 0 heterocycles. The van der Waals surface area contributed by atoms with Gasteiger partial charge in [-0.05, 0) is 19.1 Å². The molecule has 0 amide bonds. The molecule has 1 unspecified atom stereocenters. The van der Waals surface area contributed by atoms with Crippen LogP contribution in [-0.2, 0) is 15.1 Å². The van der Waals surface area contributed by atoms with Crippen molar-refractivity contribution in [3.05, 3.63) is 45.0 Å². The number of rotatable bonds is 5. The molecular weight excluding hydrogens is 262 g/mol. The zero-order chi connectivity index (χ0) is 13.8. The minimum absolute atomic E-state index is 0.0133. The first-order valence-corrected chi connectivity index (χ1v) is 5.55. The second kappa shape index (κ2) is 5.79. The van der Waals surface area contributed by atoms with E-state index in [1.807, 2.05) is 0 Å². The van der Waals surface area contributed by atoms with Gasteiger partial charge in [-0.15, -0.1) is 0 Å². The lowest BCUT2D eigenvalue weighted by Gasteiger charge is -2.22. The van der Waals surface area contributed by atoms with E-state index in [4.69, 9.17) is 11.6 Å². The monoisotopic (exact) mass is 273 g/mol. The maximum Gasteiger partial charge on any atom is 0.349 e. The Morgan fingerprint density at radius 2 is 2.28 bits per heavy atom. The van der Waals surface area contributed by atoms with Crippen LogP contribution in [0.4, 0.5) is 0 Å². The van der Waals surface area contributed by atoms with Gasteiger partial charge in [0.25, 0.3) is 5.60 Å². The van der Waals surface area contributed by atoms with E-state index in [1.165, 1.54) is 24.3 Å². The first kappa shape index (κ1) is 14.4. The smallest absolute Gasteiger partial charge is 0.349 e. The van der Waals surface area contributed by atoms with Gasteiger partial charge in [-0.3, -0.25) is 10.1 Å². The zero-order valence-corrected chi connectivity index (χ0v) is 10.4. The van der Waals surface area contributed by atoms with Crippen molar-refractivity contribution in [3.63, 3.8) is 0 Å². The number of halogens is 1. The molecule has 0 aromatic heterocycles. The van der Waals surface area contributed by atoms with Crippen LogP contribution in [0, 0.1) is 10.1 Å². The lowest BCUT2D eigenvalue weighted by molar-refractivity contribution is -0.499. The standard InChI is InChI=1S/C11H12ClNO5/c1-2-18-10(14)11(15,7-13(16)17)8-4-3-5-9(12)6-8/h3-6,15H,2,7H2,1H3. The van der Waals surface area contributed by atoms with Crippen LogP contribution in [0.25, 0.3) is 0 Å². The second-order valence-electron chi connectivity index (χ2n) is 3.58. The molecule has 0 saturated carbocycles. The van der Waals surface area contributed by atoms with Crippen LogP contribution < -0.4 is 0 Å². The van der Waals surface area contributed by atoms with E-state index in [0.717, 1.165) is 0 Å². The number of nitrogens with zero attached hydrogens (tertiary/aromatic N) is 1. The van der Waals surface area contributed by atoms with Crippen LogP contribution in [-0.4, -0.2) is 29.2 Å². The summed E-state index contributed by atoms with van der Waals surface area (Å²) in [6, 6.07) is 5.69. The highest BCUT2D eigenvalue weighted by molar-refractivity contribution is 6.30. The molecule has 1 aromatic carbocycles. The molecule has 0 radical (unpaired) electrons. The molecule has 1 atom stereocenters. The molecule has 0 spiro atoms. The fraction of sp³-hybridized carbons (Fsp3) is 0.364. The molecule has 0 fully saturated rings. The van der Waals surface area contributed by atoms with E-state index in [0.29, 0.717) is 0 Å². The van der Waals surface area contributed by atoms with E-state index >= 15 is 0 Å². The SMILES string of the molecule is CCOC(=O)C(O)(C[N+](=O)[O-])c1cccc(Cl)c1. The quantitative estimate of drug-likeness (QED) is 0.497. The van der Waals surface area contributed by atoms with Gasteiger partial charge in [0.05, 0.1) is 6.61 Å². The molecule has 98 valence electrons. The van der Waals surface area contributed by atoms with E-state index in [2.05, 4.69) is 4.74 Å². The average Bonchev–Trinajstić information content (AvgIpc) is 2.28. The predicted octanol–water partition coefficient (Wildman–Crippen LogP) is 1.37. The third-order valence-corrected chi connectivity index (χ3v) is 2.51. The molecule has 1 rings (SSSR count).